The predicted octanol–water partition coefficient (Wildman–Crippen LogP) is 4.61. The Kier molecular flexibility index (Phi) is 4.84. The van der Waals surface area contributed by atoms with Crippen LogP contribution < -0.4 is 5.32 Å². The average molecular weight is 309 g/mol. The Morgan fingerprint density at radius 1 is 0.864 bits per heavy atom. The highest BCUT2D eigenvalue weighted by molar-refractivity contribution is 6.30. The molecule has 1 aromatic heterocycles. The first-order valence-electron chi connectivity index (χ1n) is 7.25. The number of nitrogens with one attached hydrogen (secondary N) is 1. The Labute approximate surface area is 135 Å². The SMILES string of the molecule is Clc1ccc(C(NCc2ccccc2)c2cccnc2)cc1. The molecule has 0 amide bonds. The fourth-order valence-electron chi connectivity index (χ4n) is 2.45. The maximum absolute atomic E-state index is 6.00. The van der Waals surface area contributed by atoms with Crippen LogP contribution in [0.15, 0.2) is 79.1 Å². The van der Waals surface area contributed by atoms with Crippen molar-refractivity contribution in [2.75, 3.05) is 0 Å². The van der Waals surface area contributed by atoms with Gasteiger partial charge < -0.3 is 5.32 Å². The van der Waals surface area contributed by atoms with Crippen molar-refractivity contribution in [3.05, 3.63) is 101 Å². The highest BCUT2D eigenvalue weighted by atomic mass is 35.5. The summed E-state index contributed by atoms with van der Waals surface area (Å²) in [5.41, 5.74) is 3.57. The molecule has 2 nitrogen and oxygen atoms in total. The molecular weight excluding hydrogens is 292 g/mol. The highest BCUT2D eigenvalue weighted by Gasteiger charge is 2.13. The van der Waals surface area contributed by atoms with Crippen LogP contribution in [0.25, 0.3) is 0 Å². The largest absolute Gasteiger partial charge is 0.302 e. The number of rotatable bonds is 5. The number of aromatic nitrogens is 1. The summed E-state index contributed by atoms with van der Waals surface area (Å²) in [5, 5.41) is 4.35. The van der Waals surface area contributed by atoms with Gasteiger partial charge in [0.15, 0.2) is 0 Å². The van der Waals surface area contributed by atoms with Gasteiger partial charge in [-0.3, -0.25) is 4.98 Å². The zero-order valence-corrected chi connectivity index (χ0v) is 12.9. The normalized spacial score (nSPS) is 12.0. The van der Waals surface area contributed by atoms with Gasteiger partial charge in [0.05, 0.1) is 6.04 Å². The third kappa shape index (κ3) is 3.73. The third-order valence-electron chi connectivity index (χ3n) is 3.57. The van der Waals surface area contributed by atoms with E-state index in [-0.39, 0.29) is 6.04 Å². The molecule has 0 spiro atoms. The summed E-state index contributed by atoms with van der Waals surface area (Å²) in [4.78, 5) is 4.24. The van der Waals surface area contributed by atoms with Gasteiger partial charge >= 0.3 is 0 Å². The second-order valence-corrected chi connectivity index (χ2v) is 5.57. The van der Waals surface area contributed by atoms with Crippen LogP contribution in [0.3, 0.4) is 0 Å². The van der Waals surface area contributed by atoms with Crippen LogP contribution in [-0.2, 0) is 6.54 Å². The summed E-state index contributed by atoms with van der Waals surface area (Å²) < 4.78 is 0. The van der Waals surface area contributed by atoms with E-state index in [4.69, 9.17) is 11.6 Å². The van der Waals surface area contributed by atoms with E-state index < -0.39 is 0 Å². The van der Waals surface area contributed by atoms with Crippen LogP contribution in [0.5, 0.6) is 0 Å². The van der Waals surface area contributed by atoms with E-state index >= 15 is 0 Å². The number of benzene rings is 2. The van der Waals surface area contributed by atoms with Crippen molar-refractivity contribution in [3.63, 3.8) is 0 Å². The van der Waals surface area contributed by atoms with Crippen molar-refractivity contribution in [3.8, 4) is 0 Å². The van der Waals surface area contributed by atoms with Crippen LogP contribution in [0.2, 0.25) is 5.02 Å². The number of hydrogen-bond acceptors (Lipinski definition) is 2. The second kappa shape index (κ2) is 7.21. The molecule has 110 valence electrons. The molecule has 0 aliphatic carbocycles. The lowest BCUT2D eigenvalue weighted by Crippen LogP contribution is -2.22. The molecule has 0 fully saturated rings. The lowest BCUT2D eigenvalue weighted by molar-refractivity contribution is 0.603. The van der Waals surface area contributed by atoms with Gasteiger partial charge in [0.2, 0.25) is 0 Å². The molecule has 1 heterocycles. The van der Waals surface area contributed by atoms with Crippen molar-refractivity contribution >= 4 is 11.6 Å². The number of hydrogen-bond donors (Lipinski definition) is 1. The Hall–Kier alpha value is -2.16. The van der Waals surface area contributed by atoms with Crippen LogP contribution >= 0.6 is 11.6 Å². The van der Waals surface area contributed by atoms with Crippen LogP contribution in [-0.4, -0.2) is 4.98 Å². The monoisotopic (exact) mass is 308 g/mol. The zero-order valence-electron chi connectivity index (χ0n) is 12.1. The molecule has 3 heteroatoms. The van der Waals surface area contributed by atoms with Crippen molar-refractivity contribution in [2.45, 2.75) is 12.6 Å². The molecule has 0 aliphatic heterocycles. The van der Waals surface area contributed by atoms with Crippen molar-refractivity contribution in [1.82, 2.24) is 10.3 Å². The van der Waals surface area contributed by atoms with E-state index in [0.717, 1.165) is 17.1 Å². The van der Waals surface area contributed by atoms with E-state index in [1.165, 1.54) is 11.1 Å². The first-order valence-corrected chi connectivity index (χ1v) is 7.63. The van der Waals surface area contributed by atoms with E-state index in [2.05, 4.69) is 52.8 Å². The number of pyridine rings is 1. The first-order chi connectivity index (χ1) is 10.8. The summed E-state index contributed by atoms with van der Waals surface area (Å²) in [6, 6.07) is 22.5. The minimum absolute atomic E-state index is 0.0890. The van der Waals surface area contributed by atoms with Gasteiger partial charge in [0.1, 0.15) is 0 Å². The maximum Gasteiger partial charge on any atom is 0.0594 e. The minimum Gasteiger partial charge on any atom is -0.302 e. The Morgan fingerprint density at radius 2 is 1.64 bits per heavy atom. The quantitative estimate of drug-likeness (QED) is 0.744. The Bertz CT molecular complexity index is 697. The second-order valence-electron chi connectivity index (χ2n) is 5.14. The highest BCUT2D eigenvalue weighted by Crippen LogP contribution is 2.23. The molecule has 1 N–H and O–H groups in total. The van der Waals surface area contributed by atoms with Crippen LogP contribution in [0.1, 0.15) is 22.7 Å². The molecular formula is C19H17ClN2. The van der Waals surface area contributed by atoms with Gasteiger partial charge in [-0.15, -0.1) is 0 Å². The molecule has 3 rings (SSSR count). The molecule has 2 aromatic carbocycles. The van der Waals surface area contributed by atoms with E-state index in [0.29, 0.717) is 0 Å². The fourth-order valence-corrected chi connectivity index (χ4v) is 2.57. The van der Waals surface area contributed by atoms with Crippen molar-refractivity contribution in [2.24, 2.45) is 0 Å². The summed E-state index contributed by atoms with van der Waals surface area (Å²) in [6.07, 6.45) is 3.69. The Balaban J connectivity index is 1.85. The molecule has 0 saturated heterocycles. The predicted molar refractivity (Wildman–Crippen MR) is 90.8 cm³/mol. The van der Waals surface area contributed by atoms with Crippen LogP contribution in [0, 0.1) is 0 Å². The number of halogens is 1. The molecule has 1 unspecified atom stereocenters. The molecule has 1 atom stereocenters. The Morgan fingerprint density at radius 3 is 2.32 bits per heavy atom. The van der Waals surface area contributed by atoms with Gasteiger partial charge in [-0.1, -0.05) is 60.1 Å². The summed E-state index contributed by atoms with van der Waals surface area (Å²) in [5.74, 6) is 0. The van der Waals surface area contributed by atoms with E-state index in [1.54, 1.807) is 6.20 Å². The molecule has 22 heavy (non-hydrogen) atoms. The van der Waals surface area contributed by atoms with Crippen LogP contribution in [0.4, 0.5) is 0 Å². The molecule has 0 saturated carbocycles. The van der Waals surface area contributed by atoms with Crippen molar-refractivity contribution < 1.29 is 0 Å². The van der Waals surface area contributed by atoms with Gasteiger partial charge in [-0.25, -0.2) is 0 Å². The zero-order chi connectivity index (χ0) is 15.2. The molecule has 0 bridgehead atoms. The summed E-state index contributed by atoms with van der Waals surface area (Å²) in [7, 11) is 0. The molecule has 3 aromatic rings. The minimum atomic E-state index is 0.0890. The van der Waals surface area contributed by atoms with Gasteiger partial charge in [0.25, 0.3) is 0 Å². The molecule has 0 radical (unpaired) electrons. The van der Waals surface area contributed by atoms with Gasteiger partial charge in [-0.05, 0) is 34.9 Å². The number of nitrogens with zero attached hydrogens (tertiary/aromatic N) is 1. The summed E-state index contributed by atoms with van der Waals surface area (Å²) in [6.45, 7) is 0.795. The van der Waals surface area contributed by atoms with E-state index in [1.807, 2.05) is 30.5 Å². The first kappa shape index (κ1) is 14.8. The summed E-state index contributed by atoms with van der Waals surface area (Å²) >= 11 is 6.00. The van der Waals surface area contributed by atoms with Crippen molar-refractivity contribution in [1.29, 1.82) is 0 Å². The fraction of sp³-hybridized carbons (Fsp3) is 0.105. The lowest BCUT2D eigenvalue weighted by Gasteiger charge is -2.19. The van der Waals surface area contributed by atoms with Gasteiger partial charge in [0, 0.05) is 24.0 Å². The topological polar surface area (TPSA) is 24.9 Å². The maximum atomic E-state index is 6.00. The lowest BCUT2D eigenvalue weighted by atomic mass is 10.00. The van der Waals surface area contributed by atoms with Gasteiger partial charge in [-0.2, -0.15) is 0 Å². The van der Waals surface area contributed by atoms with E-state index in [9.17, 15) is 0 Å². The standard InChI is InChI=1S/C19H17ClN2/c20-18-10-8-16(9-11-18)19(17-7-4-12-21-14-17)22-13-15-5-2-1-3-6-15/h1-12,14,19,22H,13H2. The smallest absolute Gasteiger partial charge is 0.0594 e. The molecule has 0 aliphatic rings. The third-order valence-corrected chi connectivity index (χ3v) is 3.83. The average Bonchev–Trinajstić information content (AvgIpc) is 2.58.